The first-order valence-electron chi connectivity index (χ1n) is 1.83. The first kappa shape index (κ1) is 19.4. The molecule has 0 aliphatic heterocycles. The van der Waals surface area contributed by atoms with Crippen LogP contribution in [0.5, 0.6) is 0 Å². The van der Waals surface area contributed by atoms with Crippen molar-refractivity contribution in [3.63, 3.8) is 0 Å². The van der Waals surface area contributed by atoms with E-state index in [1.165, 1.54) is 0 Å². The van der Waals surface area contributed by atoms with Crippen molar-refractivity contribution < 1.29 is 70.3 Å². The quantitative estimate of drug-likeness (QED) is 0.222. The first-order chi connectivity index (χ1) is 5.12. The fourth-order valence-corrected chi connectivity index (χ4v) is 0. The van der Waals surface area contributed by atoms with Crippen LogP contribution in [-0.2, 0) is 40.2 Å². The summed E-state index contributed by atoms with van der Waals surface area (Å²) in [4.78, 5) is 36.0. The van der Waals surface area contributed by atoms with Gasteiger partial charge in [-0.15, -0.1) is 0 Å². The molecule has 0 aromatic rings. The van der Waals surface area contributed by atoms with Crippen molar-refractivity contribution in [2.24, 2.45) is 0 Å². The molecule has 0 heterocycles. The molecule has 0 aliphatic carbocycles. The molecule has 76 valence electrons. The minimum absolute atomic E-state index is 0. The normalized spacial score (nSPS) is 10.9. The summed E-state index contributed by atoms with van der Waals surface area (Å²) in [6.45, 7) is 0. The molecular formula is H2O10P2Ti. The Hall–Kier alpha value is 0.854. The molecule has 10 nitrogen and oxygen atoms in total. The van der Waals surface area contributed by atoms with Crippen LogP contribution in [0.1, 0.15) is 0 Å². The second-order valence-corrected chi connectivity index (χ2v) is 3.17. The van der Waals surface area contributed by atoms with E-state index >= 15 is 0 Å². The summed E-state index contributed by atoms with van der Waals surface area (Å²) in [7, 11) is -10.2. The summed E-state index contributed by atoms with van der Waals surface area (Å²) in [6.07, 6.45) is 0. The second-order valence-electron chi connectivity index (χ2n) is 1.06. The Morgan fingerprint density at radius 3 is 0.923 bits per heavy atom. The summed E-state index contributed by atoms with van der Waals surface area (Å²) >= 11 is 0. The summed E-state index contributed by atoms with van der Waals surface area (Å²) < 4.78 is 22.8. The van der Waals surface area contributed by atoms with Gasteiger partial charge in [-0.1, -0.05) is 0 Å². The summed E-state index contributed by atoms with van der Waals surface area (Å²) in [5.74, 6) is 0. The van der Waals surface area contributed by atoms with E-state index in [0.29, 0.717) is 0 Å². The van der Waals surface area contributed by atoms with Gasteiger partial charge in [-0.25, -0.2) is 19.9 Å². The van der Waals surface area contributed by atoms with Crippen LogP contribution < -0.4 is 19.6 Å². The Balaban J connectivity index is -0.000000143. The van der Waals surface area contributed by atoms with E-state index in [2.05, 4.69) is 9.35 Å². The van der Waals surface area contributed by atoms with Crippen LogP contribution in [0.25, 0.3) is 0 Å². The molecule has 0 aliphatic rings. The van der Waals surface area contributed by atoms with Crippen molar-refractivity contribution in [1.29, 1.82) is 0 Å². The molecule has 0 atom stereocenters. The van der Waals surface area contributed by atoms with Gasteiger partial charge in [0.1, 0.15) is 0 Å². The van der Waals surface area contributed by atoms with Gasteiger partial charge in [-0.2, -0.15) is 0 Å². The third-order valence-corrected chi connectivity index (χ3v) is 0.600. The molecule has 0 radical (unpaired) electrons. The average Bonchev–Trinajstić information content (AvgIpc) is 1.86. The maximum Gasteiger partial charge on any atom is 4.00 e. The largest absolute Gasteiger partial charge is 4.00 e. The standard InChI is InChI=1S/2H3O5P.Ti/c2*1-5-6(2,3)4;/h2*1H,(H2,2,3,4);/q;;+4/p-4. The number of hydrogen-bond acceptors (Lipinski definition) is 10. The zero-order chi connectivity index (χ0) is 10.4. The smallest absolute Gasteiger partial charge is 0.788 e. The van der Waals surface area contributed by atoms with Crippen molar-refractivity contribution in [2.75, 3.05) is 0 Å². The van der Waals surface area contributed by atoms with Gasteiger partial charge in [-0.3, -0.25) is 0 Å². The summed E-state index contributed by atoms with van der Waals surface area (Å²) in [5, 5.41) is 14.0. The maximum absolute atomic E-state index is 9.00. The Kier molecular flexibility index (Phi) is 12.2. The van der Waals surface area contributed by atoms with Crippen molar-refractivity contribution in [3.8, 4) is 0 Å². The van der Waals surface area contributed by atoms with Gasteiger partial charge in [0.25, 0.3) is 0 Å². The van der Waals surface area contributed by atoms with E-state index in [1.54, 1.807) is 0 Å². The van der Waals surface area contributed by atoms with Crippen molar-refractivity contribution in [3.05, 3.63) is 0 Å². The van der Waals surface area contributed by atoms with Gasteiger partial charge in [0.2, 0.25) is 0 Å². The monoisotopic (exact) mass is 272 g/mol. The van der Waals surface area contributed by atoms with E-state index in [-0.39, 0.29) is 21.7 Å². The Labute approximate surface area is 86.3 Å². The Bertz CT molecular complexity index is 163. The van der Waals surface area contributed by atoms with Crippen LogP contribution in [0.4, 0.5) is 0 Å². The molecule has 0 spiro atoms. The summed E-state index contributed by atoms with van der Waals surface area (Å²) in [6, 6.07) is 0. The zero-order valence-electron chi connectivity index (χ0n) is 5.55. The molecule has 0 fully saturated rings. The molecule has 0 bridgehead atoms. The van der Waals surface area contributed by atoms with E-state index in [4.69, 9.17) is 39.2 Å². The van der Waals surface area contributed by atoms with E-state index in [1.807, 2.05) is 0 Å². The van der Waals surface area contributed by atoms with Gasteiger partial charge in [0, 0.05) is 0 Å². The number of rotatable bonds is 2. The summed E-state index contributed by atoms with van der Waals surface area (Å²) in [5.41, 5.74) is 0. The van der Waals surface area contributed by atoms with Crippen molar-refractivity contribution >= 4 is 15.6 Å². The van der Waals surface area contributed by atoms with Gasteiger partial charge in [-0.05, 0) is 0 Å². The number of hydrogen-bond donors (Lipinski definition) is 2. The van der Waals surface area contributed by atoms with E-state index in [0.717, 1.165) is 0 Å². The van der Waals surface area contributed by atoms with Crippen LogP contribution in [-0.4, -0.2) is 10.5 Å². The van der Waals surface area contributed by atoms with Crippen molar-refractivity contribution in [2.45, 2.75) is 0 Å². The fourth-order valence-electron chi connectivity index (χ4n) is 0. The average molecular weight is 272 g/mol. The maximum atomic E-state index is 9.00. The van der Waals surface area contributed by atoms with Gasteiger partial charge < -0.3 is 28.7 Å². The minimum atomic E-state index is -5.09. The van der Waals surface area contributed by atoms with Crippen LogP contribution in [0.3, 0.4) is 0 Å². The molecule has 0 unspecified atom stereocenters. The molecule has 0 aromatic heterocycles. The molecule has 13 heteroatoms. The minimum Gasteiger partial charge on any atom is -0.788 e. The van der Waals surface area contributed by atoms with E-state index in [9.17, 15) is 0 Å². The predicted molar refractivity (Wildman–Crippen MR) is 22.6 cm³/mol. The van der Waals surface area contributed by atoms with Gasteiger partial charge in [0.05, 0.1) is 15.6 Å². The molecule has 0 saturated heterocycles. The van der Waals surface area contributed by atoms with E-state index < -0.39 is 15.6 Å². The van der Waals surface area contributed by atoms with Crippen LogP contribution in [0, 0.1) is 0 Å². The zero-order valence-corrected chi connectivity index (χ0v) is 8.91. The SMILES string of the molecule is O=P([O-])([O-])OO.O=P([O-])([O-])OO.[Ti+4]. The number of phosphoric acid groups is 2. The molecule has 0 saturated carbocycles. The van der Waals surface area contributed by atoms with Crippen LogP contribution in [0.2, 0.25) is 0 Å². The third kappa shape index (κ3) is 32.2. The molecular weight excluding hydrogens is 270 g/mol. The van der Waals surface area contributed by atoms with Gasteiger partial charge in [0.15, 0.2) is 0 Å². The van der Waals surface area contributed by atoms with Crippen molar-refractivity contribution in [1.82, 2.24) is 0 Å². The Morgan fingerprint density at radius 1 is 0.846 bits per heavy atom. The topological polar surface area (TPSA) is 185 Å². The molecule has 0 aromatic carbocycles. The van der Waals surface area contributed by atoms with Crippen LogP contribution in [0.15, 0.2) is 0 Å². The molecule has 0 rings (SSSR count). The van der Waals surface area contributed by atoms with Gasteiger partial charge >= 0.3 is 21.7 Å². The predicted octanol–water partition coefficient (Wildman–Crippen LogP) is -3.39. The fraction of sp³-hybridized carbons (Fsp3) is 0. The Morgan fingerprint density at radius 2 is 0.923 bits per heavy atom. The third-order valence-electron chi connectivity index (χ3n) is 0.200. The molecule has 0 amide bonds. The molecule has 2 N–H and O–H groups in total. The van der Waals surface area contributed by atoms with Crippen LogP contribution >= 0.6 is 15.6 Å². The first-order valence-corrected chi connectivity index (χ1v) is 4.75. The second kappa shape index (κ2) is 8.19. The molecule has 13 heavy (non-hydrogen) atoms.